The van der Waals surface area contributed by atoms with Gasteiger partial charge in [0.2, 0.25) is 0 Å². The summed E-state index contributed by atoms with van der Waals surface area (Å²) < 4.78 is 11.0. The van der Waals surface area contributed by atoms with E-state index >= 15 is 0 Å². The van der Waals surface area contributed by atoms with Crippen LogP contribution in [0.4, 0.5) is 0 Å². The monoisotopic (exact) mass is 299 g/mol. The average Bonchev–Trinajstić information content (AvgIpc) is 3.09. The van der Waals surface area contributed by atoms with Crippen molar-refractivity contribution in [3.8, 4) is 5.75 Å². The second kappa shape index (κ2) is 6.69. The van der Waals surface area contributed by atoms with Gasteiger partial charge in [-0.2, -0.15) is 0 Å². The number of benzene rings is 1. The first-order valence-corrected chi connectivity index (χ1v) is 7.74. The molecule has 0 aliphatic carbocycles. The second-order valence-corrected chi connectivity index (χ2v) is 5.84. The molecule has 1 fully saturated rings. The Bertz CT molecular complexity index is 596. The number of nitrogens with zero attached hydrogens (tertiary/aromatic N) is 1. The van der Waals surface area contributed by atoms with E-state index < -0.39 is 0 Å². The molecule has 4 heteroatoms. The Morgan fingerprint density at radius 1 is 1.23 bits per heavy atom. The maximum atomic E-state index is 12.2. The number of likely N-dealkylation sites (tertiary alicyclic amines) is 1. The van der Waals surface area contributed by atoms with Gasteiger partial charge >= 0.3 is 0 Å². The average molecular weight is 299 g/mol. The van der Waals surface area contributed by atoms with Crippen molar-refractivity contribution < 1.29 is 13.9 Å². The van der Waals surface area contributed by atoms with Gasteiger partial charge in [-0.25, -0.2) is 0 Å². The van der Waals surface area contributed by atoms with Crippen LogP contribution in [0.3, 0.4) is 0 Å². The molecule has 1 aromatic carbocycles. The van der Waals surface area contributed by atoms with Gasteiger partial charge < -0.3 is 14.1 Å². The predicted octanol–water partition coefficient (Wildman–Crippen LogP) is 3.52. The zero-order chi connectivity index (χ0) is 15.4. The lowest BCUT2D eigenvalue weighted by molar-refractivity contribution is 0.0630. The first kappa shape index (κ1) is 14.7. The molecule has 0 N–H and O–H groups in total. The van der Waals surface area contributed by atoms with Crippen molar-refractivity contribution in [3.05, 3.63) is 54.0 Å². The third kappa shape index (κ3) is 3.50. The van der Waals surface area contributed by atoms with E-state index in [0.29, 0.717) is 18.3 Å². The number of ether oxygens (including phenoxy) is 1. The highest BCUT2D eigenvalue weighted by Crippen LogP contribution is 2.21. The molecule has 0 bridgehead atoms. The number of amides is 1. The fourth-order valence-corrected chi connectivity index (χ4v) is 2.71. The number of aryl methyl sites for hydroxylation is 1. The summed E-state index contributed by atoms with van der Waals surface area (Å²) in [6.07, 6.45) is 3.48. The van der Waals surface area contributed by atoms with Crippen LogP contribution in [0.25, 0.3) is 0 Å². The van der Waals surface area contributed by atoms with Crippen LogP contribution in [0.15, 0.2) is 47.1 Å². The fraction of sp³-hybridized carbons (Fsp3) is 0.389. The first-order chi connectivity index (χ1) is 10.7. The normalized spacial score (nSPS) is 15.8. The molecule has 0 unspecified atom stereocenters. The Morgan fingerprint density at radius 3 is 2.59 bits per heavy atom. The zero-order valence-electron chi connectivity index (χ0n) is 12.8. The third-order valence-electron chi connectivity index (χ3n) is 4.14. The lowest BCUT2D eigenvalue weighted by Crippen LogP contribution is -2.39. The van der Waals surface area contributed by atoms with Crippen molar-refractivity contribution in [1.29, 1.82) is 0 Å². The summed E-state index contributed by atoms with van der Waals surface area (Å²) in [4.78, 5) is 14.0. The van der Waals surface area contributed by atoms with Gasteiger partial charge in [-0.15, -0.1) is 0 Å². The van der Waals surface area contributed by atoms with Gasteiger partial charge in [0.25, 0.3) is 5.91 Å². The van der Waals surface area contributed by atoms with Crippen molar-refractivity contribution in [2.75, 3.05) is 19.7 Å². The standard InChI is InChI=1S/C18H21NO3/c1-14-4-6-16(7-5-14)22-13-15-8-10-19(11-9-15)18(20)17-3-2-12-21-17/h2-7,12,15H,8-11,13H2,1H3. The van der Waals surface area contributed by atoms with Crippen LogP contribution in [0.2, 0.25) is 0 Å². The summed E-state index contributed by atoms with van der Waals surface area (Å²) >= 11 is 0. The van der Waals surface area contributed by atoms with Gasteiger partial charge in [0.1, 0.15) is 5.75 Å². The fourth-order valence-electron chi connectivity index (χ4n) is 2.71. The number of carbonyl (C=O) groups excluding carboxylic acids is 1. The number of rotatable bonds is 4. The molecule has 1 amide bonds. The van der Waals surface area contributed by atoms with E-state index in [1.165, 1.54) is 11.8 Å². The quantitative estimate of drug-likeness (QED) is 0.867. The summed E-state index contributed by atoms with van der Waals surface area (Å²) in [7, 11) is 0. The summed E-state index contributed by atoms with van der Waals surface area (Å²) in [5.74, 6) is 1.83. The molecule has 0 radical (unpaired) electrons. The molecule has 0 atom stereocenters. The lowest BCUT2D eigenvalue weighted by Gasteiger charge is -2.31. The van der Waals surface area contributed by atoms with Crippen LogP contribution in [-0.2, 0) is 0 Å². The zero-order valence-corrected chi connectivity index (χ0v) is 12.8. The number of carbonyl (C=O) groups is 1. The molecule has 2 aromatic rings. The smallest absolute Gasteiger partial charge is 0.289 e. The van der Waals surface area contributed by atoms with Gasteiger partial charge in [-0.1, -0.05) is 17.7 Å². The minimum Gasteiger partial charge on any atom is -0.493 e. The van der Waals surface area contributed by atoms with E-state index in [4.69, 9.17) is 9.15 Å². The Balaban J connectivity index is 1.45. The molecule has 3 rings (SSSR count). The van der Waals surface area contributed by atoms with E-state index in [1.807, 2.05) is 17.0 Å². The predicted molar refractivity (Wildman–Crippen MR) is 84.0 cm³/mol. The van der Waals surface area contributed by atoms with Crippen LogP contribution in [0, 0.1) is 12.8 Å². The molecule has 1 aromatic heterocycles. The highest BCUT2D eigenvalue weighted by molar-refractivity contribution is 5.91. The van der Waals surface area contributed by atoms with E-state index in [0.717, 1.165) is 31.7 Å². The third-order valence-corrected chi connectivity index (χ3v) is 4.14. The Kier molecular flexibility index (Phi) is 4.47. The van der Waals surface area contributed by atoms with Crippen LogP contribution < -0.4 is 4.74 Å². The molecule has 1 aliphatic heterocycles. The van der Waals surface area contributed by atoms with Crippen LogP contribution in [-0.4, -0.2) is 30.5 Å². The van der Waals surface area contributed by atoms with Crippen LogP contribution in [0.5, 0.6) is 5.75 Å². The molecule has 2 heterocycles. The van der Waals surface area contributed by atoms with Gasteiger partial charge in [0.05, 0.1) is 12.9 Å². The molecule has 1 saturated heterocycles. The van der Waals surface area contributed by atoms with E-state index in [2.05, 4.69) is 19.1 Å². The number of furan rings is 1. The van der Waals surface area contributed by atoms with Gasteiger partial charge in [-0.05, 0) is 49.9 Å². The number of hydrogen-bond donors (Lipinski definition) is 0. The van der Waals surface area contributed by atoms with Crippen molar-refractivity contribution >= 4 is 5.91 Å². The van der Waals surface area contributed by atoms with Gasteiger partial charge in [-0.3, -0.25) is 4.79 Å². The molecule has 0 spiro atoms. The Labute approximate surface area is 130 Å². The van der Waals surface area contributed by atoms with Crippen molar-refractivity contribution in [3.63, 3.8) is 0 Å². The highest BCUT2D eigenvalue weighted by atomic mass is 16.5. The maximum Gasteiger partial charge on any atom is 0.289 e. The molecule has 116 valence electrons. The Morgan fingerprint density at radius 2 is 1.95 bits per heavy atom. The van der Waals surface area contributed by atoms with Crippen molar-refractivity contribution in [2.45, 2.75) is 19.8 Å². The maximum absolute atomic E-state index is 12.2. The minimum absolute atomic E-state index is 0.0112. The largest absolute Gasteiger partial charge is 0.493 e. The summed E-state index contributed by atoms with van der Waals surface area (Å²) in [5, 5.41) is 0. The topological polar surface area (TPSA) is 42.7 Å². The van der Waals surface area contributed by atoms with Crippen LogP contribution in [0.1, 0.15) is 29.0 Å². The summed E-state index contributed by atoms with van der Waals surface area (Å²) in [5.41, 5.74) is 1.23. The van der Waals surface area contributed by atoms with E-state index in [9.17, 15) is 4.79 Å². The van der Waals surface area contributed by atoms with Crippen LogP contribution >= 0.6 is 0 Å². The number of piperidine rings is 1. The molecule has 1 aliphatic rings. The van der Waals surface area contributed by atoms with Gasteiger partial charge in [0.15, 0.2) is 5.76 Å². The number of hydrogen-bond acceptors (Lipinski definition) is 3. The van der Waals surface area contributed by atoms with E-state index in [-0.39, 0.29) is 5.91 Å². The van der Waals surface area contributed by atoms with Gasteiger partial charge in [0, 0.05) is 13.1 Å². The highest BCUT2D eigenvalue weighted by Gasteiger charge is 2.25. The van der Waals surface area contributed by atoms with Crippen molar-refractivity contribution in [2.24, 2.45) is 5.92 Å². The van der Waals surface area contributed by atoms with Crippen molar-refractivity contribution in [1.82, 2.24) is 4.90 Å². The minimum atomic E-state index is -0.0112. The first-order valence-electron chi connectivity index (χ1n) is 7.74. The van der Waals surface area contributed by atoms with E-state index in [1.54, 1.807) is 12.1 Å². The second-order valence-electron chi connectivity index (χ2n) is 5.84. The molecule has 22 heavy (non-hydrogen) atoms. The SMILES string of the molecule is Cc1ccc(OCC2CCN(C(=O)c3ccco3)CC2)cc1. The molecular formula is C18H21NO3. The summed E-state index contributed by atoms with van der Waals surface area (Å²) in [6, 6.07) is 11.6. The Hall–Kier alpha value is -2.23. The lowest BCUT2D eigenvalue weighted by atomic mass is 9.97. The molecular weight excluding hydrogens is 278 g/mol. The molecule has 0 saturated carbocycles. The summed E-state index contributed by atoms with van der Waals surface area (Å²) in [6.45, 7) is 4.31. The molecule has 4 nitrogen and oxygen atoms in total.